The molecule has 1 fully saturated rings. The van der Waals surface area contributed by atoms with Crippen molar-refractivity contribution in [1.82, 2.24) is 14.5 Å². The van der Waals surface area contributed by atoms with E-state index in [1.807, 2.05) is 0 Å². The van der Waals surface area contributed by atoms with Gasteiger partial charge in [0.25, 0.3) is 0 Å². The van der Waals surface area contributed by atoms with Crippen molar-refractivity contribution in [2.75, 3.05) is 13.1 Å². The van der Waals surface area contributed by atoms with Gasteiger partial charge >= 0.3 is 0 Å². The van der Waals surface area contributed by atoms with Crippen LogP contribution in [0.3, 0.4) is 0 Å². The average molecular weight is 271 g/mol. The fraction of sp³-hybridized carbons (Fsp3) is 0.600. The molecule has 0 bridgehead atoms. The van der Waals surface area contributed by atoms with Gasteiger partial charge in [0, 0.05) is 19.0 Å². The summed E-state index contributed by atoms with van der Waals surface area (Å²) in [6.07, 6.45) is 2.81. The Bertz CT molecular complexity index is 550. The van der Waals surface area contributed by atoms with Crippen LogP contribution in [0, 0.1) is 18.3 Å². The van der Waals surface area contributed by atoms with Gasteiger partial charge in [-0.2, -0.15) is 9.40 Å². The lowest BCUT2D eigenvalue weighted by Gasteiger charge is -2.31. The molecule has 4 N–H and O–H groups in total. The van der Waals surface area contributed by atoms with Crippen molar-refractivity contribution in [2.24, 2.45) is 11.7 Å². The van der Waals surface area contributed by atoms with Gasteiger partial charge in [-0.3, -0.25) is 10.5 Å². The van der Waals surface area contributed by atoms with E-state index in [1.54, 1.807) is 6.92 Å². The van der Waals surface area contributed by atoms with Crippen LogP contribution in [-0.2, 0) is 10.0 Å². The van der Waals surface area contributed by atoms with Gasteiger partial charge in [-0.1, -0.05) is 0 Å². The molecule has 2 heterocycles. The fourth-order valence-corrected chi connectivity index (χ4v) is 3.80. The predicted molar refractivity (Wildman–Crippen MR) is 66.7 cm³/mol. The van der Waals surface area contributed by atoms with Gasteiger partial charge in [0.1, 0.15) is 4.90 Å². The summed E-state index contributed by atoms with van der Waals surface area (Å²) in [7, 11) is -3.53. The van der Waals surface area contributed by atoms with E-state index in [4.69, 9.17) is 11.1 Å². The van der Waals surface area contributed by atoms with E-state index in [-0.39, 0.29) is 23.2 Å². The smallest absolute Gasteiger partial charge is 0.246 e. The molecule has 100 valence electrons. The Kier molecular flexibility index (Phi) is 3.40. The van der Waals surface area contributed by atoms with E-state index < -0.39 is 10.0 Å². The van der Waals surface area contributed by atoms with Crippen LogP contribution in [-0.4, -0.2) is 41.8 Å². The minimum atomic E-state index is -3.53. The number of piperidine rings is 1. The summed E-state index contributed by atoms with van der Waals surface area (Å²) in [5.41, 5.74) is 5.99. The first kappa shape index (κ1) is 13.0. The number of hydrogen-bond donors (Lipinski definition) is 3. The average Bonchev–Trinajstić information content (AvgIpc) is 2.76. The lowest BCUT2D eigenvalue weighted by Crippen LogP contribution is -2.43. The van der Waals surface area contributed by atoms with Crippen LogP contribution in [0.15, 0.2) is 11.1 Å². The second kappa shape index (κ2) is 4.69. The quantitative estimate of drug-likeness (QED) is 0.532. The number of nitrogens with one attached hydrogen (secondary N) is 2. The van der Waals surface area contributed by atoms with Gasteiger partial charge < -0.3 is 5.73 Å². The van der Waals surface area contributed by atoms with E-state index >= 15 is 0 Å². The molecule has 1 aliphatic heterocycles. The molecular weight excluding hydrogens is 254 g/mol. The van der Waals surface area contributed by atoms with E-state index in [9.17, 15) is 8.42 Å². The van der Waals surface area contributed by atoms with Crippen LogP contribution >= 0.6 is 0 Å². The number of aromatic amines is 1. The predicted octanol–water partition coefficient (Wildman–Crippen LogP) is 0.0548. The van der Waals surface area contributed by atoms with Crippen LogP contribution in [0.2, 0.25) is 0 Å². The second-order valence-electron chi connectivity index (χ2n) is 4.52. The Labute approximate surface area is 106 Å². The summed E-state index contributed by atoms with van der Waals surface area (Å²) < 4.78 is 26.2. The maximum absolute atomic E-state index is 12.4. The Hall–Kier alpha value is -1.41. The summed E-state index contributed by atoms with van der Waals surface area (Å²) >= 11 is 0. The summed E-state index contributed by atoms with van der Waals surface area (Å²) in [4.78, 5) is 0.201. The maximum atomic E-state index is 12.4. The number of rotatable bonds is 3. The molecule has 2 rings (SSSR count). The topological polar surface area (TPSA) is 116 Å². The number of H-pyrrole nitrogens is 1. The van der Waals surface area contributed by atoms with E-state index in [0.29, 0.717) is 12.2 Å². The van der Waals surface area contributed by atoms with Crippen molar-refractivity contribution < 1.29 is 8.42 Å². The molecule has 18 heavy (non-hydrogen) atoms. The van der Waals surface area contributed by atoms with Gasteiger partial charge in [-0.25, -0.2) is 8.42 Å². The van der Waals surface area contributed by atoms with E-state index in [2.05, 4.69) is 10.2 Å². The monoisotopic (exact) mass is 271 g/mol. The highest BCUT2D eigenvalue weighted by Crippen LogP contribution is 2.24. The molecule has 0 spiro atoms. The summed E-state index contributed by atoms with van der Waals surface area (Å²) in [5.74, 6) is -0.125. The van der Waals surface area contributed by atoms with Crippen LogP contribution in [0.5, 0.6) is 0 Å². The zero-order chi connectivity index (χ0) is 13.3. The molecule has 0 saturated carbocycles. The van der Waals surface area contributed by atoms with Crippen molar-refractivity contribution in [3.8, 4) is 0 Å². The number of nitrogens with zero attached hydrogens (tertiary/aromatic N) is 2. The molecular formula is C10H17N5O2S. The van der Waals surface area contributed by atoms with Gasteiger partial charge in [-0.15, -0.1) is 0 Å². The first-order chi connectivity index (χ1) is 8.43. The third-order valence-electron chi connectivity index (χ3n) is 3.23. The van der Waals surface area contributed by atoms with Gasteiger partial charge in [-0.05, 0) is 19.8 Å². The largest absolute Gasteiger partial charge is 0.387 e. The van der Waals surface area contributed by atoms with E-state index in [0.717, 1.165) is 12.8 Å². The number of sulfonamides is 1. The third-order valence-corrected chi connectivity index (χ3v) is 5.20. The number of hydrogen-bond acceptors (Lipinski definition) is 4. The van der Waals surface area contributed by atoms with Gasteiger partial charge in [0.05, 0.1) is 17.7 Å². The molecule has 1 aromatic heterocycles. The lowest BCUT2D eigenvalue weighted by molar-refractivity contribution is 0.310. The molecule has 0 amide bonds. The molecule has 1 atom stereocenters. The van der Waals surface area contributed by atoms with Crippen molar-refractivity contribution in [3.63, 3.8) is 0 Å². The Morgan fingerprint density at radius 1 is 1.67 bits per heavy atom. The highest BCUT2D eigenvalue weighted by molar-refractivity contribution is 7.89. The summed E-state index contributed by atoms with van der Waals surface area (Å²) in [6, 6.07) is 0. The number of aryl methyl sites for hydroxylation is 1. The van der Waals surface area contributed by atoms with Crippen molar-refractivity contribution in [3.05, 3.63) is 11.9 Å². The molecule has 1 saturated heterocycles. The molecule has 1 unspecified atom stereocenters. The Morgan fingerprint density at radius 3 is 2.94 bits per heavy atom. The summed E-state index contributed by atoms with van der Waals surface area (Å²) in [6.45, 7) is 2.42. The molecule has 0 radical (unpaired) electrons. The number of amidine groups is 1. The first-order valence-electron chi connectivity index (χ1n) is 5.77. The minimum Gasteiger partial charge on any atom is -0.387 e. The highest BCUT2D eigenvalue weighted by atomic mass is 32.2. The minimum absolute atomic E-state index is 0.0545. The van der Waals surface area contributed by atoms with Gasteiger partial charge in [0.15, 0.2) is 0 Å². The van der Waals surface area contributed by atoms with Crippen LogP contribution in [0.4, 0.5) is 0 Å². The standard InChI is InChI=1S/C10H17N5O2S/c1-7-9(5-13-14-7)18(16,17)15-4-2-3-8(6-15)10(11)12/h5,8H,2-4,6H2,1H3,(H3,11,12)(H,13,14). The normalized spacial score (nSPS) is 21.9. The van der Waals surface area contributed by atoms with Crippen LogP contribution in [0.1, 0.15) is 18.5 Å². The Balaban J connectivity index is 2.26. The van der Waals surface area contributed by atoms with Crippen molar-refractivity contribution in [2.45, 2.75) is 24.7 Å². The van der Waals surface area contributed by atoms with Crippen molar-refractivity contribution >= 4 is 15.9 Å². The highest BCUT2D eigenvalue weighted by Gasteiger charge is 2.32. The van der Waals surface area contributed by atoms with E-state index in [1.165, 1.54) is 10.5 Å². The zero-order valence-electron chi connectivity index (χ0n) is 10.2. The van der Waals surface area contributed by atoms with Crippen LogP contribution < -0.4 is 5.73 Å². The third kappa shape index (κ3) is 2.25. The molecule has 0 aromatic carbocycles. The molecule has 7 nitrogen and oxygen atoms in total. The molecule has 1 aromatic rings. The fourth-order valence-electron chi connectivity index (χ4n) is 2.15. The SMILES string of the molecule is Cc1[nH]ncc1S(=O)(=O)N1CCCC(C(=N)N)C1. The molecule has 8 heteroatoms. The summed E-state index contributed by atoms with van der Waals surface area (Å²) in [5, 5.41) is 13.8. The number of nitrogens with two attached hydrogens (primary N) is 1. The zero-order valence-corrected chi connectivity index (χ0v) is 11.0. The molecule has 1 aliphatic rings. The molecule has 0 aliphatic carbocycles. The van der Waals surface area contributed by atoms with Crippen LogP contribution in [0.25, 0.3) is 0 Å². The number of aromatic nitrogens is 2. The Morgan fingerprint density at radius 2 is 2.39 bits per heavy atom. The first-order valence-corrected chi connectivity index (χ1v) is 7.21. The van der Waals surface area contributed by atoms with Gasteiger partial charge in [0.2, 0.25) is 10.0 Å². The lowest BCUT2D eigenvalue weighted by atomic mass is 9.99. The maximum Gasteiger partial charge on any atom is 0.246 e. The second-order valence-corrected chi connectivity index (χ2v) is 6.42. The van der Waals surface area contributed by atoms with Crippen molar-refractivity contribution in [1.29, 1.82) is 5.41 Å².